The minimum atomic E-state index is -0.128. The van der Waals surface area contributed by atoms with E-state index < -0.39 is 0 Å². The van der Waals surface area contributed by atoms with E-state index in [-0.39, 0.29) is 5.91 Å². The molecule has 0 fully saturated rings. The van der Waals surface area contributed by atoms with Gasteiger partial charge < -0.3 is 14.8 Å². The molecule has 148 valence electrons. The predicted octanol–water partition coefficient (Wildman–Crippen LogP) is 2.90. The van der Waals surface area contributed by atoms with Crippen LogP contribution in [-0.2, 0) is 16.0 Å². The number of fused-ring (bicyclic) bond motifs is 1. The molecule has 0 radical (unpaired) electrons. The predicted molar refractivity (Wildman–Crippen MR) is 108 cm³/mol. The first kappa shape index (κ1) is 20.0. The number of pyridine rings is 1. The molecule has 0 spiro atoms. The summed E-state index contributed by atoms with van der Waals surface area (Å²) in [4.78, 5) is 17.6. The molecule has 0 aliphatic rings. The third-order valence-corrected chi connectivity index (χ3v) is 4.41. The van der Waals surface area contributed by atoms with Crippen LogP contribution in [-0.4, -0.2) is 54.1 Å². The summed E-state index contributed by atoms with van der Waals surface area (Å²) >= 11 is 0. The van der Waals surface area contributed by atoms with E-state index in [4.69, 9.17) is 14.5 Å². The summed E-state index contributed by atoms with van der Waals surface area (Å²) in [5.41, 5.74) is 3.03. The van der Waals surface area contributed by atoms with E-state index in [1.54, 1.807) is 13.3 Å². The number of nitrogens with zero attached hydrogens (tertiary/aromatic N) is 3. The fourth-order valence-corrected chi connectivity index (χ4v) is 2.94. The molecular formula is C21H26N4O3. The van der Waals surface area contributed by atoms with E-state index in [0.717, 1.165) is 28.7 Å². The van der Waals surface area contributed by atoms with Crippen LogP contribution in [0.25, 0.3) is 22.3 Å². The quantitative estimate of drug-likeness (QED) is 0.546. The summed E-state index contributed by atoms with van der Waals surface area (Å²) in [6, 6.07) is 11.7. The molecule has 1 N–H and O–H groups in total. The highest BCUT2D eigenvalue weighted by atomic mass is 16.5. The topological polar surface area (TPSA) is 78.3 Å². The summed E-state index contributed by atoms with van der Waals surface area (Å²) in [7, 11) is 1.64. The Morgan fingerprint density at radius 3 is 2.75 bits per heavy atom. The maximum atomic E-state index is 12.8. The molecule has 0 saturated heterocycles. The van der Waals surface area contributed by atoms with Gasteiger partial charge in [0.25, 0.3) is 5.91 Å². The van der Waals surface area contributed by atoms with Gasteiger partial charge in [-0.15, -0.1) is 0 Å². The standard InChI is InChI=1S/C21H26N4O3/c1-3-25-20-18(15-23-25)17(14-19(24-20)16-8-5-4-6-9-16)21(26)22-10-7-11-28-13-12-27-2/h4-6,8-9,14-15H,3,7,10-13H2,1-2H3,(H,22,26). The zero-order chi connectivity index (χ0) is 19.8. The average Bonchev–Trinajstić information content (AvgIpc) is 3.16. The molecule has 0 unspecified atom stereocenters. The Hall–Kier alpha value is -2.77. The Bertz CT molecular complexity index is 909. The molecule has 28 heavy (non-hydrogen) atoms. The van der Waals surface area contributed by atoms with Crippen molar-refractivity contribution < 1.29 is 14.3 Å². The third-order valence-electron chi connectivity index (χ3n) is 4.41. The maximum Gasteiger partial charge on any atom is 0.252 e. The molecule has 7 heteroatoms. The molecule has 3 rings (SSSR count). The first-order valence-electron chi connectivity index (χ1n) is 9.51. The molecule has 0 bridgehead atoms. The van der Waals surface area contributed by atoms with Gasteiger partial charge in [-0.1, -0.05) is 30.3 Å². The monoisotopic (exact) mass is 382 g/mol. The number of hydrogen-bond acceptors (Lipinski definition) is 5. The van der Waals surface area contributed by atoms with Crippen LogP contribution in [0.3, 0.4) is 0 Å². The van der Waals surface area contributed by atoms with Crippen molar-refractivity contribution in [2.75, 3.05) is 33.5 Å². The molecule has 2 aromatic heterocycles. The highest BCUT2D eigenvalue weighted by molar-refractivity contribution is 6.06. The fraction of sp³-hybridized carbons (Fsp3) is 0.381. The molecule has 0 aliphatic carbocycles. The van der Waals surface area contributed by atoms with Crippen LogP contribution in [0.4, 0.5) is 0 Å². The number of hydrogen-bond donors (Lipinski definition) is 1. The van der Waals surface area contributed by atoms with Crippen molar-refractivity contribution in [3.05, 3.63) is 48.2 Å². The van der Waals surface area contributed by atoms with E-state index in [0.29, 0.717) is 38.5 Å². The van der Waals surface area contributed by atoms with Crippen molar-refractivity contribution in [3.63, 3.8) is 0 Å². The van der Waals surface area contributed by atoms with Crippen molar-refractivity contribution in [1.29, 1.82) is 0 Å². The number of methoxy groups -OCH3 is 1. The summed E-state index contributed by atoms with van der Waals surface area (Å²) in [5.74, 6) is -0.128. The van der Waals surface area contributed by atoms with Crippen molar-refractivity contribution in [2.45, 2.75) is 19.9 Å². The van der Waals surface area contributed by atoms with Crippen LogP contribution < -0.4 is 5.32 Å². The Labute approximate surface area is 164 Å². The normalized spacial score (nSPS) is 11.1. The van der Waals surface area contributed by atoms with Gasteiger partial charge in [-0.05, 0) is 19.4 Å². The molecule has 0 saturated carbocycles. The van der Waals surface area contributed by atoms with Crippen LogP contribution in [0.2, 0.25) is 0 Å². The summed E-state index contributed by atoms with van der Waals surface area (Å²) in [6.45, 7) is 4.95. The number of rotatable bonds is 10. The number of ether oxygens (including phenoxy) is 2. The number of nitrogens with one attached hydrogen (secondary N) is 1. The summed E-state index contributed by atoms with van der Waals surface area (Å²) in [6.07, 6.45) is 2.45. The Morgan fingerprint density at radius 2 is 2.00 bits per heavy atom. The lowest BCUT2D eigenvalue weighted by atomic mass is 10.1. The molecular weight excluding hydrogens is 356 g/mol. The molecule has 1 amide bonds. The van der Waals surface area contributed by atoms with Gasteiger partial charge in [0, 0.05) is 32.4 Å². The van der Waals surface area contributed by atoms with Crippen LogP contribution in [0.15, 0.2) is 42.6 Å². The molecule has 1 aromatic carbocycles. The average molecular weight is 382 g/mol. The zero-order valence-electron chi connectivity index (χ0n) is 16.4. The van der Waals surface area contributed by atoms with Gasteiger partial charge in [-0.25, -0.2) is 9.67 Å². The second kappa shape index (κ2) is 9.96. The number of amides is 1. The van der Waals surface area contributed by atoms with Gasteiger partial charge in [-0.2, -0.15) is 5.10 Å². The second-order valence-electron chi connectivity index (χ2n) is 6.33. The smallest absolute Gasteiger partial charge is 0.252 e. The SMILES string of the molecule is CCn1ncc2c(C(=O)NCCCOCCOC)cc(-c3ccccc3)nc21. The van der Waals surface area contributed by atoms with Gasteiger partial charge in [-0.3, -0.25) is 4.79 Å². The van der Waals surface area contributed by atoms with Gasteiger partial charge in [0.1, 0.15) is 0 Å². The number of carbonyl (C=O) groups is 1. The first-order chi connectivity index (χ1) is 13.7. The van der Waals surface area contributed by atoms with Crippen molar-refractivity contribution in [3.8, 4) is 11.3 Å². The van der Waals surface area contributed by atoms with Crippen LogP contribution >= 0.6 is 0 Å². The van der Waals surface area contributed by atoms with Crippen molar-refractivity contribution in [1.82, 2.24) is 20.1 Å². The van der Waals surface area contributed by atoms with Crippen molar-refractivity contribution >= 4 is 16.9 Å². The number of aromatic nitrogens is 3. The molecule has 2 heterocycles. The highest BCUT2D eigenvalue weighted by Gasteiger charge is 2.16. The van der Waals surface area contributed by atoms with Crippen LogP contribution in [0, 0.1) is 0 Å². The zero-order valence-corrected chi connectivity index (χ0v) is 16.4. The number of carbonyl (C=O) groups excluding carboxylic acids is 1. The summed E-state index contributed by atoms with van der Waals surface area (Å²) in [5, 5.41) is 8.10. The van der Waals surface area contributed by atoms with E-state index >= 15 is 0 Å². The van der Waals surface area contributed by atoms with Gasteiger partial charge in [0.05, 0.1) is 36.1 Å². The van der Waals surface area contributed by atoms with Gasteiger partial charge in [0.15, 0.2) is 5.65 Å². The minimum Gasteiger partial charge on any atom is -0.382 e. The highest BCUT2D eigenvalue weighted by Crippen LogP contribution is 2.24. The molecule has 7 nitrogen and oxygen atoms in total. The van der Waals surface area contributed by atoms with E-state index in [1.807, 2.05) is 48.0 Å². The maximum absolute atomic E-state index is 12.8. The Balaban J connectivity index is 1.77. The van der Waals surface area contributed by atoms with Crippen molar-refractivity contribution in [2.24, 2.45) is 0 Å². The number of aryl methyl sites for hydroxylation is 1. The lowest BCUT2D eigenvalue weighted by Gasteiger charge is -2.10. The van der Waals surface area contributed by atoms with Gasteiger partial charge in [0.2, 0.25) is 0 Å². The van der Waals surface area contributed by atoms with Gasteiger partial charge >= 0.3 is 0 Å². The van der Waals surface area contributed by atoms with Crippen LogP contribution in [0.1, 0.15) is 23.7 Å². The Kier molecular flexibility index (Phi) is 7.11. The number of benzene rings is 1. The minimum absolute atomic E-state index is 0.128. The molecule has 0 aliphatic heterocycles. The largest absolute Gasteiger partial charge is 0.382 e. The van der Waals surface area contributed by atoms with Crippen LogP contribution in [0.5, 0.6) is 0 Å². The summed E-state index contributed by atoms with van der Waals surface area (Å²) < 4.78 is 12.2. The van der Waals surface area contributed by atoms with E-state index in [2.05, 4.69) is 10.4 Å². The lowest BCUT2D eigenvalue weighted by molar-refractivity contribution is 0.0688. The molecule has 3 aromatic rings. The van der Waals surface area contributed by atoms with E-state index in [9.17, 15) is 4.79 Å². The second-order valence-corrected chi connectivity index (χ2v) is 6.33. The van der Waals surface area contributed by atoms with E-state index in [1.165, 1.54) is 0 Å². The lowest BCUT2D eigenvalue weighted by Crippen LogP contribution is -2.25. The molecule has 0 atom stereocenters. The fourth-order valence-electron chi connectivity index (χ4n) is 2.94. The third kappa shape index (κ3) is 4.74. The Morgan fingerprint density at radius 1 is 1.18 bits per heavy atom. The first-order valence-corrected chi connectivity index (χ1v) is 9.51.